The molecule has 3 aromatic carbocycles. The van der Waals surface area contributed by atoms with Crippen molar-refractivity contribution in [3.8, 4) is 0 Å². The Kier molecular flexibility index (Phi) is 11.4. The van der Waals surface area contributed by atoms with Crippen molar-refractivity contribution in [1.82, 2.24) is 10.2 Å². The third kappa shape index (κ3) is 9.61. The number of nitrogens with one attached hydrogen (secondary N) is 1. The van der Waals surface area contributed by atoms with Crippen LogP contribution in [0.15, 0.2) is 72.8 Å². The van der Waals surface area contributed by atoms with Crippen LogP contribution in [0, 0.1) is 0 Å². The second-order valence-corrected chi connectivity index (χ2v) is 13.9. The molecule has 0 unspecified atom stereocenters. The van der Waals surface area contributed by atoms with Gasteiger partial charge < -0.3 is 10.2 Å². The first-order valence-electron chi connectivity index (χ1n) is 14.4. The van der Waals surface area contributed by atoms with Crippen LogP contribution in [-0.4, -0.2) is 50.0 Å². The number of hydrogen-bond donors (Lipinski definition) is 1. The van der Waals surface area contributed by atoms with Gasteiger partial charge in [-0.3, -0.25) is 13.9 Å². The van der Waals surface area contributed by atoms with E-state index in [4.69, 9.17) is 23.2 Å². The molecule has 3 aromatic rings. The fraction of sp³-hybridized carbons (Fsp3) is 0.375. The summed E-state index contributed by atoms with van der Waals surface area (Å²) in [4.78, 5) is 29.4. The predicted molar refractivity (Wildman–Crippen MR) is 170 cm³/mol. The van der Waals surface area contributed by atoms with Gasteiger partial charge in [0.25, 0.3) is 0 Å². The van der Waals surface area contributed by atoms with E-state index in [2.05, 4.69) is 5.32 Å². The molecule has 242 valence electrons. The number of hydrogen-bond acceptors (Lipinski definition) is 4. The van der Waals surface area contributed by atoms with Gasteiger partial charge >= 0.3 is 6.18 Å². The lowest BCUT2D eigenvalue weighted by Crippen LogP contribution is -2.55. The maximum Gasteiger partial charge on any atom is 0.417 e. The number of rotatable bonds is 11. The standard InChI is InChI=1S/C32H34Cl2F3N3O4S/c1-45(43,44)40(26-15-16-28(34)27(19-26)32(35,36)37)21-30(41)39(20-23-11-8-12-24(33)17-23)29(18-22-9-4-2-5-10-22)31(42)38-25-13-6-3-7-14-25/h2,4-5,8-12,15-17,19,25,29H,3,6-7,13-14,18,20-21H2,1H3,(H,38,42)/t29-/m0/s1. The Labute approximate surface area is 271 Å². The van der Waals surface area contributed by atoms with Gasteiger partial charge in [-0.05, 0) is 54.3 Å². The van der Waals surface area contributed by atoms with Crippen molar-refractivity contribution >= 4 is 50.7 Å². The minimum atomic E-state index is -4.86. The fourth-order valence-corrected chi connectivity index (χ4v) is 6.71. The predicted octanol–water partition coefficient (Wildman–Crippen LogP) is 6.87. The largest absolute Gasteiger partial charge is 0.417 e. The Morgan fingerprint density at radius 3 is 2.22 bits per heavy atom. The van der Waals surface area contributed by atoms with Crippen LogP contribution in [0.5, 0.6) is 0 Å². The highest BCUT2D eigenvalue weighted by Gasteiger charge is 2.37. The number of alkyl halides is 3. The zero-order valence-electron chi connectivity index (χ0n) is 24.6. The van der Waals surface area contributed by atoms with Crippen molar-refractivity contribution in [2.45, 2.75) is 63.3 Å². The van der Waals surface area contributed by atoms with E-state index in [0.29, 0.717) is 21.0 Å². The quantitative estimate of drug-likeness (QED) is 0.239. The highest BCUT2D eigenvalue weighted by molar-refractivity contribution is 7.92. The van der Waals surface area contributed by atoms with E-state index < -0.39 is 56.9 Å². The van der Waals surface area contributed by atoms with E-state index >= 15 is 0 Å². The number of anilines is 1. The van der Waals surface area contributed by atoms with E-state index in [-0.39, 0.29) is 19.0 Å². The van der Waals surface area contributed by atoms with Crippen LogP contribution < -0.4 is 9.62 Å². The van der Waals surface area contributed by atoms with E-state index in [1.807, 2.05) is 18.2 Å². The molecule has 0 bridgehead atoms. The highest BCUT2D eigenvalue weighted by atomic mass is 35.5. The molecule has 1 fully saturated rings. The monoisotopic (exact) mass is 683 g/mol. The molecule has 0 spiro atoms. The van der Waals surface area contributed by atoms with Crippen LogP contribution in [0.25, 0.3) is 0 Å². The minimum absolute atomic E-state index is 0.0741. The Hall–Kier alpha value is -3.28. The van der Waals surface area contributed by atoms with Gasteiger partial charge in [-0.2, -0.15) is 13.2 Å². The third-order valence-corrected chi connectivity index (χ3v) is 9.39. The maximum absolute atomic E-state index is 14.2. The van der Waals surface area contributed by atoms with Gasteiger partial charge in [0.1, 0.15) is 12.6 Å². The second-order valence-electron chi connectivity index (χ2n) is 11.1. The molecule has 1 atom stereocenters. The summed E-state index contributed by atoms with van der Waals surface area (Å²) in [6.45, 7) is -0.971. The van der Waals surface area contributed by atoms with Crippen molar-refractivity contribution in [3.63, 3.8) is 0 Å². The van der Waals surface area contributed by atoms with Gasteiger partial charge in [0, 0.05) is 24.0 Å². The van der Waals surface area contributed by atoms with Crippen LogP contribution in [0.3, 0.4) is 0 Å². The first kappa shape index (κ1) is 34.6. The molecule has 1 saturated carbocycles. The topological polar surface area (TPSA) is 86.8 Å². The molecule has 0 aromatic heterocycles. The Balaban J connectivity index is 1.76. The van der Waals surface area contributed by atoms with Gasteiger partial charge in [0.15, 0.2) is 0 Å². The molecule has 4 rings (SSSR count). The second kappa shape index (κ2) is 14.9. The van der Waals surface area contributed by atoms with Gasteiger partial charge in [-0.1, -0.05) is 84.9 Å². The molecule has 45 heavy (non-hydrogen) atoms. The maximum atomic E-state index is 14.2. The van der Waals surface area contributed by atoms with E-state index in [1.54, 1.807) is 36.4 Å². The zero-order chi connectivity index (χ0) is 32.8. The van der Waals surface area contributed by atoms with E-state index in [0.717, 1.165) is 56.1 Å². The normalized spacial score (nSPS) is 14.9. The molecule has 7 nitrogen and oxygen atoms in total. The average molecular weight is 685 g/mol. The molecular formula is C32H34Cl2F3N3O4S. The van der Waals surface area contributed by atoms with E-state index in [1.165, 1.54) is 4.90 Å². The van der Waals surface area contributed by atoms with Crippen molar-refractivity contribution in [1.29, 1.82) is 0 Å². The molecule has 0 radical (unpaired) electrons. The molecule has 1 aliphatic rings. The van der Waals surface area contributed by atoms with Gasteiger partial charge in [0.05, 0.1) is 22.5 Å². The third-order valence-electron chi connectivity index (χ3n) is 7.69. The summed E-state index contributed by atoms with van der Waals surface area (Å²) < 4.78 is 67.5. The molecular weight excluding hydrogens is 650 g/mol. The first-order chi connectivity index (χ1) is 21.2. The summed E-state index contributed by atoms with van der Waals surface area (Å²) in [6, 6.07) is 17.2. The minimum Gasteiger partial charge on any atom is -0.352 e. The molecule has 0 saturated heterocycles. The Morgan fingerprint density at radius 1 is 0.933 bits per heavy atom. The molecule has 1 aliphatic carbocycles. The van der Waals surface area contributed by atoms with Gasteiger partial charge in [-0.25, -0.2) is 8.42 Å². The van der Waals surface area contributed by atoms with Crippen molar-refractivity contribution < 1.29 is 31.2 Å². The summed E-state index contributed by atoms with van der Waals surface area (Å²) in [5, 5.41) is 2.87. The van der Waals surface area contributed by atoms with Crippen LogP contribution >= 0.6 is 23.2 Å². The van der Waals surface area contributed by atoms with Crippen molar-refractivity contribution in [3.05, 3.63) is 99.5 Å². The summed E-state index contributed by atoms with van der Waals surface area (Å²) in [5.74, 6) is -1.19. The van der Waals surface area contributed by atoms with Crippen LogP contribution in [0.1, 0.15) is 48.8 Å². The summed E-state index contributed by atoms with van der Waals surface area (Å²) in [6.07, 6.45) is 0.633. The number of halogens is 5. The van der Waals surface area contributed by atoms with Crippen LogP contribution in [-0.2, 0) is 38.8 Å². The number of nitrogens with zero attached hydrogens (tertiary/aromatic N) is 2. The number of sulfonamides is 1. The lowest BCUT2D eigenvalue weighted by molar-refractivity contribution is -0.140. The van der Waals surface area contributed by atoms with Crippen LogP contribution in [0.4, 0.5) is 18.9 Å². The SMILES string of the molecule is CS(=O)(=O)N(CC(=O)N(Cc1cccc(Cl)c1)[C@@H](Cc1ccccc1)C(=O)NC1CCCCC1)c1ccc(Cl)c(C(F)(F)F)c1. The first-order valence-corrected chi connectivity index (χ1v) is 17.1. The van der Waals surface area contributed by atoms with Gasteiger partial charge in [0.2, 0.25) is 21.8 Å². The zero-order valence-corrected chi connectivity index (χ0v) is 26.9. The molecule has 13 heteroatoms. The van der Waals surface area contributed by atoms with Crippen molar-refractivity contribution in [2.75, 3.05) is 17.1 Å². The van der Waals surface area contributed by atoms with Crippen molar-refractivity contribution in [2.24, 2.45) is 0 Å². The summed E-state index contributed by atoms with van der Waals surface area (Å²) in [5.41, 5.74) is -0.294. The lowest BCUT2D eigenvalue weighted by atomic mass is 9.94. The Morgan fingerprint density at radius 2 is 1.60 bits per heavy atom. The lowest BCUT2D eigenvalue weighted by Gasteiger charge is -2.35. The number of carbonyl (C=O) groups excluding carboxylic acids is 2. The summed E-state index contributed by atoms with van der Waals surface area (Å²) >= 11 is 12.0. The smallest absolute Gasteiger partial charge is 0.352 e. The molecule has 1 N–H and O–H groups in total. The molecule has 0 aliphatic heterocycles. The fourth-order valence-electron chi connectivity index (χ4n) is 5.43. The molecule has 0 heterocycles. The number of carbonyl (C=O) groups is 2. The number of amides is 2. The molecule has 2 amide bonds. The highest BCUT2D eigenvalue weighted by Crippen LogP contribution is 2.37. The average Bonchev–Trinajstić information content (AvgIpc) is 2.98. The summed E-state index contributed by atoms with van der Waals surface area (Å²) in [7, 11) is -4.28. The van der Waals surface area contributed by atoms with Gasteiger partial charge in [-0.15, -0.1) is 0 Å². The Bertz CT molecular complexity index is 1600. The number of benzene rings is 3. The van der Waals surface area contributed by atoms with Crippen LogP contribution in [0.2, 0.25) is 10.0 Å². The van der Waals surface area contributed by atoms with E-state index in [9.17, 15) is 31.2 Å².